The maximum Gasteiger partial charge on any atom is 0.341 e. The Morgan fingerprint density at radius 1 is 1.31 bits per heavy atom. The summed E-state index contributed by atoms with van der Waals surface area (Å²) in [6, 6.07) is 6.91. The number of carboxylic acids is 1. The third-order valence-electron chi connectivity index (χ3n) is 3.15. The van der Waals surface area contributed by atoms with Crippen molar-refractivity contribution in [2.24, 2.45) is 0 Å². The molecule has 2 N–H and O–H groups in total. The molecule has 9 nitrogen and oxygen atoms in total. The lowest BCUT2D eigenvalue weighted by molar-refractivity contribution is -0.139. The number of carboxylic acid groups (broad SMARTS) is 1. The summed E-state index contributed by atoms with van der Waals surface area (Å²) in [4.78, 5) is 34.5. The zero-order valence-electron chi connectivity index (χ0n) is 13.8. The van der Waals surface area contributed by atoms with Gasteiger partial charge in [-0.05, 0) is 24.3 Å². The molecule has 0 fully saturated rings. The first-order chi connectivity index (χ1) is 12.4. The van der Waals surface area contributed by atoms with Crippen molar-refractivity contribution < 1.29 is 24.2 Å². The van der Waals surface area contributed by atoms with Crippen molar-refractivity contribution in [1.29, 1.82) is 0 Å². The van der Waals surface area contributed by atoms with E-state index in [1.807, 2.05) is 0 Å². The van der Waals surface area contributed by atoms with E-state index in [-0.39, 0.29) is 35.2 Å². The van der Waals surface area contributed by atoms with Gasteiger partial charge in [0.15, 0.2) is 6.61 Å². The first-order valence-electron chi connectivity index (χ1n) is 7.43. The monoisotopic (exact) mass is 381 g/mol. The van der Waals surface area contributed by atoms with Crippen LogP contribution in [-0.2, 0) is 16.1 Å². The van der Waals surface area contributed by atoms with Gasteiger partial charge in [-0.25, -0.2) is 9.48 Å². The second-order valence-electron chi connectivity index (χ2n) is 5.05. The van der Waals surface area contributed by atoms with Gasteiger partial charge in [-0.1, -0.05) is 11.6 Å². The number of halogens is 1. The molecule has 0 aliphatic rings. The molecular weight excluding hydrogens is 366 g/mol. The summed E-state index contributed by atoms with van der Waals surface area (Å²) < 4.78 is 11.0. The third-order valence-corrected chi connectivity index (χ3v) is 3.44. The van der Waals surface area contributed by atoms with Gasteiger partial charge < -0.3 is 19.9 Å². The molecule has 0 aliphatic carbocycles. The van der Waals surface area contributed by atoms with Crippen LogP contribution in [-0.4, -0.2) is 47.1 Å². The SMILES string of the molecule is COCCn1nc(C(=O)Nc2ccc(OCC(=O)O)c(Cl)c2)ccc1=O. The van der Waals surface area contributed by atoms with Crippen molar-refractivity contribution in [1.82, 2.24) is 9.78 Å². The van der Waals surface area contributed by atoms with E-state index in [0.29, 0.717) is 5.69 Å². The molecule has 26 heavy (non-hydrogen) atoms. The van der Waals surface area contributed by atoms with E-state index in [0.717, 1.165) is 4.68 Å². The number of amides is 1. The minimum atomic E-state index is -1.13. The van der Waals surface area contributed by atoms with Gasteiger partial charge in [-0.3, -0.25) is 9.59 Å². The maximum absolute atomic E-state index is 12.3. The Morgan fingerprint density at radius 3 is 2.73 bits per heavy atom. The highest BCUT2D eigenvalue weighted by molar-refractivity contribution is 6.32. The van der Waals surface area contributed by atoms with Crippen LogP contribution in [0.15, 0.2) is 35.1 Å². The Balaban J connectivity index is 2.11. The van der Waals surface area contributed by atoms with E-state index in [1.54, 1.807) is 0 Å². The Hall–Kier alpha value is -2.91. The van der Waals surface area contributed by atoms with Crippen LogP contribution in [0.2, 0.25) is 5.02 Å². The second kappa shape index (κ2) is 8.97. The lowest BCUT2D eigenvalue weighted by atomic mass is 10.3. The summed E-state index contributed by atoms with van der Waals surface area (Å²) in [6.45, 7) is -0.0261. The molecule has 10 heteroatoms. The standard InChI is InChI=1S/C16H16ClN3O6/c1-25-7-6-20-14(21)5-3-12(19-20)16(24)18-10-2-4-13(11(17)8-10)26-9-15(22)23/h2-5,8H,6-7,9H2,1H3,(H,18,24)(H,22,23). The number of ether oxygens (including phenoxy) is 2. The molecule has 2 rings (SSSR count). The second-order valence-corrected chi connectivity index (χ2v) is 5.46. The highest BCUT2D eigenvalue weighted by Crippen LogP contribution is 2.27. The summed E-state index contributed by atoms with van der Waals surface area (Å²) in [5, 5.41) is 15.3. The van der Waals surface area contributed by atoms with Gasteiger partial charge in [0.25, 0.3) is 11.5 Å². The number of benzene rings is 1. The number of hydrogen-bond acceptors (Lipinski definition) is 6. The number of carbonyl (C=O) groups excluding carboxylic acids is 1. The first kappa shape index (κ1) is 19.4. The number of methoxy groups -OCH3 is 1. The zero-order valence-corrected chi connectivity index (χ0v) is 14.5. The predicted molar refractivity (Wildman–Crippen MR) is 92.9 cm³/mol. The molecule has 1 aromatic heterocycles. The first-order valence-corrected chi connectivity index (χ1v) is 7.81. The van der Waals surface area contributed by atoms with Crippen molar-refractivity contribution in [2.45, 2.75) is 6.54 Å². The molecule has 0 unspecified atom stereocenters. The molecular formula is C16H16ClN3O6. The van der Waals surface area contributed by atoms with Crippen LogP contribution in [0.3, 0.4) is 0 Å². The average molecular weight is 382 g/mol. The molecule has 1 aromatic carbocycles. The van der Waals surface area contributed by atoms with Gasteiger partial charge in [0.05, 0.1) is 18.2 Å². The summed E-state index contributed by atoms with van der Waals surface area (Å²) in [6.07, 6.45) is 0. The lowest BCUT2D eigenvalue weighted by Crippen LogP contribution is -2.27. The maximum atomic E-state index is 12.3. The number of nitrogens with zero attached hydrogens (tertiary/aromatic N) is 2. The number of anilines is 1. The molecule has 0 radical (unpaired) electrons. The Morgan fingerprint density at radius 2 is 2.08 bits per heavy atom. The summed E-state index contributed by atoms with van der Waals surface area (Å²) >= 11 is 6.00. The van der Waals surface area contributed by atoms with Gasteiger partial charge in [0.2, 0.25) is 0 Å². The summed E-state index contributed by atoms with van der Waals surface area (Å²) in [5.74, 6) is -1.49. The fourth-order valence-electron chi connectivity index (χ4n) is 1.94. The van der Waals surface area contributed by atoms with Crippen LogP contribution < -0.4 is 15.6 Å². The lowest BCUT2D eigenvalue weighted by Gasteiger charge is -2.10. The molecule has 1 amide bonds. The quantitative estimate of drug-likeness (QED) is 0.706. The van der Waals surface area contributed by atoms with Gasteiger partial charge in [-0.15, -0.1) is 0 Å². The highest BCUT2D eigenvalue weighted by atomic mass is 35.5. The predicted octanol–water partition coefficient (Wildman–Crippen LogP) is 1.26. The van der Waals surface area contributed by atoms with E-state index in [9.17, 15) is 14.4 Å². The molecule has 0 spiro atoms. The summed E-state index contributed by atoms with van der Waals surface area (Å²) in [5.41, 5.74) is 0.0590. The zero-order chi connectivity index (χ0) is 19.1. The number of hydrogen-bond donors (Lipinski definition) is 2. The van der Waals surface area contributed by atoms with Gasteiger partial charge >= 0.3 is 5.97 Å². The van der Waals surface area contributed by atoms with Crippen LogP contribution in [0, 0.1) is 0 Å². The molecule has 138 valence electrons. The van der Waals surface area contributed by atoms with E-state index in [1.165, 1.54) is 37.4 Å². The normalized spacial score (nSPS) is 10.4. The molecule has 0 aliphatic heterocycles. The van der Waals surface area contributed by atoms with Gasteiger partial charge in [0.1, 0.15) is 11.4 Å². The average Bonchev–Trinajstić information content (AvgIpc) is 2.60. The van der Waals surface area contributed by atoms with Crippen LogP contribution in [0.5, 0.6) is 5.75 Å². The summed E-state index contributed by atoms with van der Waals surface area (Å²) in [7, 11) is 1.50. The Labute approximate surface area is 153 Å². The number of carbonyl (C=O) groups is 2. The van der Waals surface area contributed by atoms with Crippen molar-refractivity contribution >= 4 is 29.2 Å². The van der Waals surface area contributed by atoms with Crippen LogP contribution in [0.1, 0.15) is 10.5 Å². The van der Waals surface area contributed by atoms with E-state index in [2.05, 4.69) is 10.4 Å². The number of aliphatic carboxylic acids is 1. The number of nitrogens with one attached hydrogen (secondary N) is 1. The fourth-order valence-corrected chi connectivity index (χ4v) is 2.17. The fraction of sp³-hybridized carbons (Fsp3) is 0.250. The largest absolute Gasteiger partial charge is 0.480 e. The molecule has 0 saturated heterocycles. The third kappa shape index (κ3) is 5.30. The Bertz CT molecular complexity index is 867. The van der Waals surface area contributed by atoms with Crippen molar-refractivity contribution in [3.8, 4) is 5.75 Å². The number of rotatable bonds is 8. The van der Waals surface area contributed by atoms with Crippen LogP contribution >= 0.6 is 11.6 Å². The van der Waals surface area contributed by atoms with Gasteiger partial charge in [-0.2, -0.15) is 5.10 Å². The van der Waals surface area contributed by atoms with Gasteiger partial charge in [0, 0.05) is 18.9 Å². The Kier molecular flexibility index (Phi) is 6.70. The molecule has 0 bridgehead atoms. The van der Waals surface area contributed by atoms with E-state index < -0.39 is 18.5 Å². The highest BCUT2D eigenvalue weighted by Gasteiger charge is 2.12. The smallest absolute Gasteiger partial charge is 0.341 e. The van der Waals surface area contributed by atoms with Crippen molar-refractivity contribution in [3.05, 3.63) is 51.4 Å². The number of aromatic nitrogens is 2. The molecule has 0 atom stereocenters. The minimum Gasteiger partial charge on any atom is -0.480 e. The molecule has 2 aromatic rings. The van der Waals surface area contributed by atoms with Crippen molar-refractivity contribution in [2.75, 3.05) is 25.6 Å². The molecule has 0 saturated carbocycles. The van der Waals surface area contributed by atoms with E-state index >= 15 is 0 Å². The van der Waals surface area contributed by atoms with Crippen molar-refractivity contribution in [3.63, 3.8) is 0 Å². The van der Waals surface area contributed by atoms with E-state index in [4.69, 9.17) is 26.2 Å². The minimum absolute atomic E-state index is 0.0445. The van der Waals surface area contributed by atoms with Crippen LogP contribution in [0.4, 0.5) is 5.69 Å². The van der Waals surface area contributed by atoms with Crippen LogP contribution in [0.25, 0.3) is 0 Å². The molecule has 1 heterocycles. The topological polar surface area (TPSA) is 120 Å².